The number of rotatable bonds is 2. The fourth-order valence-electron chi connectivity index (χ4n) is 1.72. The first-order chi connectivity index (χ1) is 10.8. The van der Waals surface area contributed by atoms with Crippen LogP contribution in [0.3, 0.4) is 0 Å². The van der Waals surface area contributed by atoms with Gasteiger partial charge >= 0.3 is 12.1 Å². The van der Waals surface area contributed by atoms with E-state index in [0.717, 1.165) is 0 Å². The van der Waals surface area contributed by atoms with Crippen molar-refractivity contribution in [3.8, 4) is 11.1 Å². The van der Waals surface area contributed by atoms with Crippen LogP contribution < -0.4 is 11.0 Å². The summed E-state index contributed by atoms with van der Waals surface area (Å²) >= 11 is 0. The number of hydrogen-bond acceptors (Lipinski definition) is 4. The van der Waals surface area contributed by atoms with Crippen molar-refractivity contribution in [3.63, 3.8) is 0 Å². The fraction of sp³-hybridized carbons (Fsp3) is 0.0714. The summed E-state index contributed by atoms with van der Waals surface area (Å²) in [5, 5.41) is 0. The summed E-state index contributed by atoms with van der Waals surface area (Å²) in [6.07, 6.45) is -3.87. The summed E-state index contributed by atoms with van der Waals surface area (Å²) in [6, 6.07) is 8.60. The molecule has 0 bridgehead atoms. The van der Waals surface area contributed by atoms with Gasteiger partial charge in [-0.25, -0.2) is 4.79 Å². The first-order valence-corrected chi connectivity index (χ1v) is 6.15. The van der Waals surface area contributed by atoms with E-state index in [2.05, 4.69) is 9.82 Å². The number of halogens is 3. The number of aromatic amines is 1. The molecule has 1 heterocycles. The summed E-state index contributed by atoms with van der Waals surface area (Å²) < 4.78 is 36.1. The number of pyridine rings is 1. The van der Waals surface area contributed by atoms with Crippen LogP contribution in [0.25, 0.3) is 11.1 Å². The van der Waals surface area contributed by atoms with Gasteiger partial charge < -0.3 is 9.82 Å². The molecule has 0 spiro atoms. The number of carbonyl (C=O) groups is 2. The molecule has 9 heteroatoms. The largest absolute Gasteiger partial charge is 0.493 e. The van der Waals surface area contributed by atoms with Crippen LogP contribution in [0.15, 0.2) is 47.4 Å². The molecule has 1 aromatic heterocycles. The average molecular weight is 326 g/mol. The molecule has 0 aliphatic carbocycles. The number of H-pyrrole nitrogens is 1. The number of alkyl halides is 3. The summed E-state index contributed by atoms with van der Waals surface area (Å²) in [7, 11) is 0. The van der Waals surface area contributed by atoms with E-state index >= 15 is 0 Å². The van der Waals surface area contributed by atoms with Crippen LogP contribution in [0.1, 0.15) is 10.4 Å². The van der Waals surface area contributed by atoms with Crippen LogP contribution in [0, 0.1) is 0 Å². The zero-order valence-corrected chi connectivity index (χ0v) is 11.3. The molecule has 2 N–H and O–H groups in total. The molecule has 2 rings (SSSR count). The quantitative estimate of drug-likeness (QED) is 0.824. The van der Waals surface area contributed by atoms with Gasteiger partial charge in [-0.1, -0.05) is 18.2 Å². The molecule has 0 saturated heterocycles. The lowest BCUT2D eigenvalue weighted by atomic mass is 10.0. The minimum Gasteiger partial charge on any atom is -0.332 e. The Hall–Kier alpha value is -3.10. The Morgan fingerprint density at radius 1 is 1.09 bits per heavy atom. The summed E-state index contributed by atoms with van der Waals surface area (Å²) in [5.41, 5.74) is 1.85. The molecule has 1 amide bonds. The maximum Gasteiger partial charge on any atom is 0.493 e. The maximum absolute atomic E-state index is 12.0. The Morgan fingerprint density at radius 2 is 1.78 bits per heavy atom. The van der Waals surface area contributed by atoms with Crippen molar-refractivity contribution in [3.05, 3.63) is 58.5 Å². The lowest BCUT2D eigenvalue weighted by molar-refractivity contribution is -0.204. The number of hydroxylamine groups is 1. The number of carbonyl (C=O) groups excluding carboxylic acids is 2. The highest BCUT2D eigenvalue weighted by Crippen LogP contribution is 2.22. The molecule has 0 aliphatic heterocycles. The summed E-state index contributed by atoms with van der Waals surface area (Å²) in [6.45, 7) is 0. The van der Waals surface area contributed by atoms with Gasteiger partial charge in [0.15, 0.2) is 0 Å². The molecule has 1 aromatic carbocycles. The smallest absolute Gasteiger partial charge is 0.332 e. The third kappa shape index (κ3) is 3.96. The van der Waals surface area contributed by atoms with Crippen LogP contribution in [0.2, 0.25) is 0 Å². The highest BCUT2D eigenvalue weighted by molar-refractivity contribution is 6.00. The van der Waals surface area contributed by atoms with Gasteiger partial charge in [0.25, 0.3) is 5.91 Å². The molecule has 0 atom stereocenters. The normalized spacial score (nSPS) is 10.9. The molecule has 0 fully saturated rings. The molecule has 6 nitrogen and oxygen atoms in total. The van der Waals surface area contributed by atoms with Crippen LogP contribution >= 0.6 is 0 Å². The van der Waals surface area contributed by atoms with E-state index in [-0.39, 0.29) is 11.1 Å². The zero-order valence-electron chi connectivity index (χ0n) is 11.3. The van der Waals surface area contributed by atoms with E-state index in [1.807, 2.05) is 0 Å². The average Bonchev–Trinajstić information content (AvgIpc) is 2.52. The van der Waals surface area contributed by atoms with Gasteiger partial charge in [-0.2, -0.15) is 18.7 Å². The Morgan fingerprint density at radius 3 is 2.39 bits per heavy atom. The van der Waals surface area contributed by atoms with E-state index in [0.29, 0.717) is 11.1 Å². The topological polar surface area (TPSA) is 88.3 Å². The molecule has 2 aromatic rings. The fourth-order valence-corrected chi connectivity index (χ4v) is 1.72. The van der Waals surface area contributed by atoms with Crippen LogP contribution in [0.4, 0.5) is 13.2 Å². The SMILES string of the molecule is O=C(NOC(=O)C(F)(F)F)c1ccccc1-c1ccc(=O)[nH]c1. The molecular formula is C14H9F3N2O4. The minimum absolute atomic E-state index is 0.0328. The van der Waals surface area contributed by atoms with E-state index in [9.17, 15) is 27.6 Å². The predicted octanol–water partition coefficient (Wildman–Crippen LogP) is 1.79. The van der Waals surface area contributed by atoms with Crippen molar-refractivity contribution in [1.82, 2.24) is 10.5 Å². The lowest BCUT2D eigenvalue weighted by Crippen LogP contribution is -2.34. The highest BCUT2D eigenvalue weighted by atomic mass is 19.4. The van der Waals surface area contributed by atoms with Crippen molar-refractivity contribution >= 4 is 11.9 Å². The lowest BCUT2D eigenvalue weighted by Gasteiger charge is -2.10. The predicted molar refractivity (Wildman–Crippen MR) is 72.1 cm³/mol. The second-order valence-corrected chi connectivity index (χ2v) is 4.31. The third-order valence-corrected chi connectivity index (χ3v) is 2.73. The first kappa shape index (κ1) is 16.3. The van der Waals surface area contributed by atoms with Crippen LogP contribution in [0.5, 0.6) is 0 Å². The van der Waals surface area contributed by atoms with Gasteiger partial charge in [-0.05, 0) is 23.3 Å². The number of aromatic nitrogens is 1. The van der Waals surface area contributed by atoms with Gasteiger partial charge in [0.2, 0.25) is 5.56 Å². The minimum atomic E-state index is -5.22. The Kier molecular flexibility index (Phi) is 4.49. The summed E-state index contributed by atoms with van der Waals surface area (Å²) in [5.74, 6) is -3.57. The van der Waals surface area contributed by atoms with Crippen molar-refractivity contribution in [2.75, 3.05) is 0 Å². The first-order valence-electron chi connectivity index (χ1n) is 6.15. The molecule has 0 aliphatic rings. The molecule has 0 saturated carbocycles. The van der Waals surface area contributed by atoms with Gasteiger partial charge in [0.1, 0.15) is 0 Å². The van der Waals surface area contributed by atoms with E-state index < -0.39 is 18.1 Å². The Balaban J connectivity index is 2.23. The van der Waals surface area contributed by atoms with Crippen LogP contribution in [-0.4, -0.2) is 23.0 Å². The third-order valence-electron chi connectivity index (χ3n) is 2.73. The van der Waals surface area contributed by atoms with Gasteiger partial charge in [-0.3, -0.25) is 9.59 Å². The number of benzene rings is 1. The van der Waals surface area contributed by atoms with Crippen LogP contribution in [-0.2, 0) is 9.63 Å². The second kappa shape index (κ2) is 6.34. The molecular weight excluding hydrogens is 317 g/mol. The molecule has 0 unspecified atom stereocenters. The number of hydrogen-bond donors (Lipinski definition) is 2. The van der Waals surface area contributed by atoms with Gasteiger partial charge in [0, 0.05) is 12.3 Å². The maximum atomic E-state index is 12.0. The molecule has 120 valence electrons. The van der Waals surface area contributed by atoms with E-state index in [4.69, 9.17) is 0 Å². The van der Waals surface area contributed by atoms with Crippen molar-refractivity contribution in [2.45, 2.75) is 6.18 Å². The number of nitrogens with one attached hydrogen (secondary N) is 2. The number of amides is 1. The van der Waals surface area contributed by atoms with Crippen molar-refractivity contribution in [2.24, 2.45) is 0 Å². The Labute approximate surface area is 126 Å². The monoisotopic (exact) mass is 326 g/mol. The molecule has 23 heavy (non-hydrogen) atoms. The van der Waals surface area contributed by atoms with Crippen molar-refractivity contribution in [1.29, 1.82) is 0 Å². The standard InChI is InChI=1S/C14H9F3N2O4/c15-14(16,17)13(22)23-19-12(21)10-4-2-1-3-9(10)8-5-6-11(20)18-7-8/h1-7H,(H,18,20)(H,19,21). The van der Waals surface area contributed by atoms with E-state index in [1.165, 1.54) is 42.0 Å². The van der Waals surface area contributed by atoms with Gasteiger partial charge in [0.05, 0.1) is 5.56 Å². The van der Waals surface area contributed by atoms with Crippen molar-refractivity contribution < 1.29 is 27.6 Å². The Bertz CT molecular complexity index is 779. The summed E-state index contributed by atoms with van der Waals surface area (Å²) in [4.78, 5) is 39.7. The molecule has 0 radical (unpaired) electrons. The zero-order chi connectivity index (χ0) is 17.0. The van der Waals surface area contributed by atoms with E-state index in [1.54, 1.807) is 6.07 Å². The second-order valence-electron chi connectivity index (χ2n) is 4.31. The highest BCUT2D eigenvalue weighted by Gasteiger charge is 2.42. The van der Waals surface area contributed by atoms with Gasteiger partial charge in [-0.15, -0.1) is 0 Å².